The van der Waals surface area contributed by atoms with E-state index in [0.717, 1.165) is 42.0 Å². The Morgan fingerprint density at radius 1 is 1.12 bits per heavy atom. The molecule has 2 aromatic carbocycles. The highest BCUT2D eigenvalue weighted by atomic mass is 16.5. The van der Waals surface area contributed by atoms with E-state index in [1.54, 1.807) is 0 Å². The van der Waals surface area contributed by atoms with Crippen LogP contribution >= 0.6 is 0 Å². The smallest absolute Gasteiger partial charge is 0.309 e. The van der Waals surface area contributed by atoms with Gasteiger partial charge >= 0.3 is 5.97 Å². The normalized spacial score (nSPS) is 14.2. The van der Waals surface area contributed by atoms with Crippen molar-refractivity contribution in [2.45, 2.75) is 52.9 Å². The lowest BCUT2D eigenvalue weighted by atomic mass is 9.86. The van der Waals surface area contributed by atoms with E-state index in [-0.39, 0.29) is 5.97 Å². The molecule has 0 bridgehead atoms. The van der Waals surface area contributed by atoms with Gasteiger partial charge in [-0.3, -0.25) is 4.79 Å². The lowest BCUT2D eigenvalue weighted by Gasteiger charge is -2.22. The number of carbonyl (C=O) groups is 1. The summed E-state index contributed by atoms with van der Waals surface area (Å²) in [6, 6.07) is 14.4. The molecule has 0 amide bonds. The van der Waals surface area contributed by atoms with Crippen LogP contribution in [0, 0.1) is 13.8 Å². The van der Waals surface area contributed by atoms with E-state index in [9.17, 15) is 4.79 Å². The molecule has 1 aromatic heterocycles. The highest BCUT2D eigenvalue weighted by molar-refractivity contribution is 5.78. The maximum absolute atomic E-state index is 11.8. The first-order chi connectivity index (χ1) is 16.0. The van der Waals surface area contributed by atoms with Gasteiger partial charge in [0.15, 0.2) is 0 Å². The molecule has 0 saturated heterocycles. The van der Waals surface area contributed by atoms with Crippen LogP contribution in [0.25, 0.3) is 17.0 Å². The Hall–Kier alpha value is -3.34. The highest BCUT2D eigenvalue weighted by Gasteiger charge is 2.19. The molecule has 0 spiro atoms. The minimum atomic E-state index is -0.183. The van der Waals surface area contributed by atoms with Crippen molar-refractivity contribution in [1.82, 2.24) is 4.98 Å². The first-order valence-corrected chi connectivity index (χ1v) is 11.7. The molecule has 0 radical (unpaired) electrons. The van der Waals surface area contributed by atoms with Crippen molar-refractivity contribution in [3.63, 3.8) is 0 Å². The number of hydrogen-bond acceptors (Lipinski definition) is 5. The molecule has 0 unspecified atom stereocenters. The third-order valence-corrected chi connectivity index (χ3v) is 5.96. The lowest BCUT2D eigenvalue weighted by Crippen LogP contribution is -2.09. The number of hydrogen-bond donors (Lipinski definition) is 0. The molecule has 5 heteroatoms. The Bertz CT molecular complexity index is 1140. The fraction of sp³-hybridized carbons (Fsp3) is 0.357. The van der Waals surface area contributed by atoms with Gasteiger partial charge < -0.3 is 13.9 Å². The van der Waals surface area contributed by atoms with Crippen LogP contribution in [-0.4, -0.2) is 24.2 Å². The van der Waals surface area contributed by atoms with Crippen molar-refractivity contribution in [3.05, 3.63) is 76.7 Å². The van der Waals surface area contributed by atoms with Crippen LogP contribution < -0.4 is 4.74 Å². The third kappa shape index (κ3) is 5.54. The van der Waals surface area contributed by atoms with Crippen LogP contribution in [-0.2, 0) is 22.4 Å². The number of nitrogens with zero attached hydrogens (tertiary/aromatic N) is 1. The topological polar surface area (TPSA) is 61.6 Å². The van der Waals surface area contributed by atoms with E-state index < -0.39 is 0 Å². The molecule has 5 nitrogen and oxygen atoms in total. The summed E-state index contributed by atoms with van der Waals surface area (Å²) in [4.78, 5) is 16.5. The Labute approximate surface area is 195 Å². The van der Waals surface area contributed by atoms with E-state index in [2.05, 4.69) is 25.1 Å². The molecule has 1 heterocycles. The number of ether oxygens (including phenoxy) is 2. The molecule has 4 rings (SSSR count). The van der Waals surface area contributed by atoms with Gasteiger partial charge in [0.1, 0.15) is 11.5 Å². The van der Waals surface area contributed by atoms with Crippen molar-refractivity contribution < 1.29 is 18.7 Å². The number of benzene rings is 2. The first kappa shape index (κ1) is 22.8. The fourth-order valence-electron chi connectivity index (χ4n) is 4.23. The molecule has 1 aliphatic carbocycles. The predicted octanol–water partition coefficient (Wildman–Crippen LogP) is 6.25. The quantitative estimate of drug-likeness (QED) is 0.383. The second kappa shape index (κ2) is 10.5. The average molecular weight is 446 g/mol. The van der Waals surface area contributed by atoms with E-state index in [1.165, 1.54) is 22.3 Å². The van der Waals surface area contributed by atoms with Crippen molar-refractivity contribution in [2.75, 3.05) is 13.2 Å². The summed E-state index contributed by atoms with van der Waals surface area (Å²) in [5.74, 6) is 2.20. The van der Waals surface area contributed by atoms with Crippen LogP contribution in [0.4, 0.5) is 0 Å². The molecular weight excluding hydrogens is 414 g/mol. The number of esters is 1. The van der Waals surface area contributed by atoms with Crippen molar-refractivity contribution in [1.29, 1.82) is 0 Å². The van der Waals surface area contributed by atoms with Crippen molar-refractivity contribution in [3.8, 4) is 17.2 Å². The number of rotatable bonds is 8. The summed E-state index contributed by atoms with van der Waals surface area (Å²) in [5.41, 5.74) is 6.71. The minimum absolute atomic E-state index is 0.183. The minimum Gasteiger partial charge on any atom is -0.493 e. The number of carbonyl (C=O) groups excluding carboxylic acids is 1. The molecule has 1 aliphatic rings. The number of allylic oxidation sites excluding steroid dienone is 1. The Morgan fingerprint density at radius 2 is 1.94 bits per heavy atom. The van der Waals surface area contributed by atoms with E-state index >= 15 is 0 Å². The zero-order valence-electron chi connectivity index (χ0n) is 19.6. The second-order valence-electron chi connectivity index (χ2n) is 8.36. The maximum Gasteiger partial charge on any atom is 0.309 e. The number of aromatic nitrogens is 1. The van der Waals surface area contributed by atoms with Gasteiger partial charge in [-0.25, -0.2) is 4.98 Å². The lowest BCUT2D eigenvalue weighted by molar-refractivity contribution is -0.142. The molecule has 0 atom stereocenters. The standard InChI is InChI=1S/C28H31NO4/c1-4-31-27(30)16-15-21-7-5-9-24-23(21)8-6-10-26(24)32-18-17-25-20(3)33-28(29-25)22-13-11-19(2)12-14-22/h6,8,10-15H,4-5,7,9,16-18H2,1-3H3/b21-15-. The van der Waals surface area contributed by atoms with Gasteiger partial charge in [-0.15, -0.1) is 0 Å². The van der Waals surface area contributed by atoms with E-state index in [4.69, 9.17) is 18.9 Å². The van der Waals surface area contributed by atoms with Crippen LogP contribution in [0.5, 0.6) is 5.75 Å². The van der Waals surface area contributed by atoms with Crippen molar-refractivity contribution >= 4 is 11.5 Å². The Balaban J connectivity index is 1.43. The SMILES string of the molecule is CCOC(=O)C/C=C1/CCCc2c(OCCc3nc(-c4ccc(C)cc4)oc3C)cccc21. The first-order valence-electron chi connectivity index (χ1n) is 11.7. The van der Waals surface area contributed by atoms with Crippen LogP contribution in [0.3, 0.4) is 0 Å². The van der Waals surface area contributed by atoms with Crippen LogP contribution in [0.1, 0.15) is 54.3 Å². The summed E-state index contributed by atoms with van der Waals surface area (Å²) < 4.78 is 17.2. The largest absolute Gasteiger partial charge is 0.493 e. The fourth-order valence-corrected chi connectivity index (χ4v) is 4.23. The zero-order valence-corrected chi connectivity index (χ0v) is 19.6. The molecular formula is C28H31NO4. The molecule has 172 valence electrons. The molecule has 0 saturated carbocycles. The maximum atomic E-state index is 11.8. The van der Waals surface area contributed by atoms with Gasteiger partial charge in [0, 0.05) is 17.5 Å². The third-order valence-electron chi connectivity index (χ3n) is 5.96. The van der Waals surface area contributed by atoms with Crippen molar-refractivity contribution in [2.24, 2.45) is 0 Å². The summed E-state index contributed by atoms with van der Waals surface area (Å²) in [6.45, 7) is 6.78. The van der Waals surface area contributed by atoms with Crippen LogP contribution in [0.2, 0.25) is 0 Å². The average Bonchev–Trinajstić information content (AvgIpc) is 3.19. The Morgan fingerprint density at radius 3 is 2.73 bits per heavy atom. The summed E-state index contributed by atoms with van der Waals surface area (Å²) in [7, 11) is 0. The number of aryl methyl sites for hydroxylation is 2. The van der Waals surface area contributed by atoms with Crippen LogP contribution in [0.15, 0.2) is 53.0 Å². The number of oxazole rings is 1. The molecule has 33 heavy (non-hydrogen) atoms. The summed E-state index contributed by atoms with van der Waals surface area (Å²) in [5, 5.41) is 0. The predicted molar refractivity (Wildman–Crippen MR) is 129 cm³/mol. The van der Waals surface area contributed by atoms with Gasteiger partial charge in [0.05, 0.1) is 25.3 Å². The van der Waals surface area contributed by atoms with Gasteiger partial charge in [-0.1, -0.05) is 35.9 Å². The highest BCUT2D eigenvalue weighted by Crippen LogP contribution is 2.36. The Kier molecular flexibility index (Phi) is 7.28. The molecule has 0 aliphatic heterocycles. The monoisotopic (exact) mass is 445 g/mol. The summed E-state index contributed by atoms with van der Waals surface area (Å²) >= 11 is 0. The molecule has 0 fully saturated rings. The van der Waals surface area contributed by atoms with E-state index in [0.29, 0.717) is 31.9 Å². The molecule has 3 aromatic rings. The van der Waals surface area contributed by atoms with Gasteiger partial charge in [0.2, 0.25) is 5.89 Å². The van der Waals surface area contributed by atoms with Gasteiger partial charge in [0.25, 0.3) is 0 Å². The molecule has 0 N–H and O–H groups in total. The second-order valence-corrected chi connectivity index (χ2v) is 8.36. The van der Waals surface area contributed by atoms with Gasteiger partial charge in [-0.05, 0) is 69.4 Å². The zero-order chi connectivity index (χ0) is 23.2. The van der Waals surface area contributed by atoms with Gasteiger partial charge in [-0.2, -0.15) is 0 Å². The summed E-state index contributed by atoms with van der Waals surface area (Å²) in [6.07, 6.45) is 5.98. The number of fused-ring (bicyclic) bond motifs is 1. The van der Waals surface area contributed by atoms with E-state index in [1.807, 2.05) is 44.2 Å².